The first kappa shape index (κ1) is 17.4. The zero-order valence-electron chi connectivity index (χ0n) is 12.3. The number of hydrogen-bond acceptors (Lipinski definition) is 3. The SMILES string of the molecule is CC(C)N(CCC(=O)O)C(=O)CNC(=O)C(C)(C)C. The number of carboxylic acids is 1. The van der Waals surface area contributed by atoms with E-state index < -0.39 is 11.4 Å². The fourth-order valence-corrected chi connectivity index (χ4v) is 1.41. The highest BCUT2D eigenvalue weighted by Crippen LogP contribution is 2.12. The van der Waals surface area contributed by atoms with E-state index in [4.69, 9.17) is 5.11 Å². The van der Waals surface area contributed by atoms with Crippen LogP contribution in [0.25, 0.3) is 0 Å². The van der Waals surface area contributed by atoms with E-state index in [1.807, 2.05) is 13.8 Å². The Hall–Kier alpha value is -1.59. The van der Waals surface area contributed by atoms with E-state index >= 15 is 0 Å². The summed E-state index contributed by atoms with van der Waals surface area (Å²) in [6.07, 6.45) is -0.100. The predicted molar refractivity (Wildman–Crippen MR) is 71.6 cm³/mol. The molecule has 0 aliphatic heterocycles. The molecule has 2 amide bonds. The fraction of sp³-hybridized carbons (Fsp3) is 0.769. The topological polar surface area (TPSA) is 86.7 Å². The number of carbonyl (C=O) groups is 3. The van der Waals surface area contributed by atoms with Gasteiger partial charge in [0.25, 0.3) is 0 Å². The monoisotopic (exact) mass is 272 g/mol. The first-order valence-corrected chi connectivity index (χ1v) is 6.35. The highest BCUT2D eigenvalue weighted by Gasteiger charge is 2.23. The minimum Gasteiger partial charge on any atom is -0.481 e. The molecule has 0 unspecified atom stereocenters. The lowest BCUT2D eigenvalue weighted by Crippen LogP contribution is -2.46. The summed E-state index contributed by atoms with van der Waals surface area (Å²) in [5, 5.41) is 11.2. The van der Waals surface area contributed by atoms with Gasteiger partial charge in [0.2, 0.25) is 11.8 Å². The minimum absolute atomic E-state index is 0.0987. The summed E-state index contributed by atoms with van der Waals surface area (Å²) in [5.74, 6) is -1.42. The number of amides is 2. The van der Waals surface area contributed by atoms with Crippen LogP contribution in [0.1, 0.15) is 41.0 Å². The summed E-state index contributed by atoms with van der Waals surface area (Å²) < 4.78 is 0. The summed E-state index contributed by atoms with van der Waals surface area (Å²) in [6.45, 7) is 8.95. The van der Waals surface area contributed by atoms with Gasteiger partial charge in [-0.25, -0.2) is 0 Å². The molecule has 6 nitrogen and oxygen atoms in total. The molecule has 0 saturated carbocycles. The molecule has 0 aliphatic rings. The summed E-state index contributed by atoms with van der Waals surface area (Å²) in [7, 11) is 0. The zero-order chi connectivity index (χ0) is 15.2. The maximum atomic E-state index is 11.9. The second-order valence-corrected chi connectivity index (χ2v) is 5.76. The van der Waals surface area contributed by atoms with E-state index in [9.17, 15) is 14.4 Å². The van der Waals surface area contributed by atoms with Crippen molar-refractivity contribution in [3.63, 3.8) is 0 Å². The number of aliphatic carboxylic acids is 1. The minimum atomic E-state index is -0.947. The summed E-state index contributed by atoms with van der Waals surface area (Å²) in [6, 6.07) is -0.0987. The van der Waals surface area contributed by atoms with Crippen LogP contribution in [-0.4, -0.2) is 46.9 Å². The van der Waals surface area contributed by atoms with Crippen LogP contribution in [0.4, 0.5) is 0 Å². The van der Waals surface area contributed by atoms with Crippen LogP contribution in [0, 0.1) is 5.41 Å². The molecule has 19 heavy (non-hydrogen) atoms. The van der Waals surface area contributed by atoms with Gasteiger partial charge in [-0.1, -0.05) is 20.8 Å². The molecule has 0 aromatic heterocycles. The van der Waals surface area contributed by atoms with E-state index in [0.717, 1.165) is 0 Å². The lowest BCUT2D eigenvalue weighted by Gasteiger charge is -2.27. The van der Waals surface area contributed by atoms with Crippen molar-refractivity contribution in [1.29, 1.82) is 0 Å². The van der Waals surface area contributed by atoms with Crippen molar-refractivity contribution in [2.24, 2.45) is 5.41 Å². The molecule has 0 fully saturated rings. The number of nitrogens with one attached hydrogen (secondary N) is 1. The molecule has 110 valence electrons. The van der Waals surface area contributed by atoms with Crippen molar-refractivity contribution in [2.45, 2.75) is 47.1 Å². The van der Waals surface area contributed by atoms with E-state index in [-0.39, 0.29) is 37.4 Å². The highest BCUT2D eigenvalue weighted by molar-refractivity contribution is 5.87. The molecular weight excluding hydrogens is 248 g/mol. The summed E-state index contributed by atoms with van der Waals surface area (Å²) in [4.78, 5) is 35.6. The second kappa shape index (κ2) is 7.11. The molecule has 0 saturated heterocycles. The van der Waals surface area contributed by atoms with Crippen LogP contribution in [0.5, 0.6) is 0 Å². The molecule has 0 aliphatic carbocycles. The van der Waals surface area contributed by atoms with E-state index in [0.29, 0.717) is 0 Å². The van der Waals surface area contributed by atoms with Gasteiger partial charge in [0.15, 0.2) is 0 Å². The molecule has 2 N–H and O–H groups in total. The predicted octanol–water partition coefficient (Wildman–Crippen LogP) is 0.860. The number of carboxylic acid groups (broad SMARTS) is 1. The lowest BCUT2D eigenvalue weighted by atomic mass is 9.96. The van der Waals surface area contributed by atoms with E-state index in [2.05, 4.69) is 5.32 Å². The van der Waals surface area contributed by atoms with Crippen molar-refractivity contribution in [3.05, 3.63) is 0 Å². The molecule has 0 rings (SSSR count). The van der Waals surface area contributed by atoms with Gasteiger partial charge in [0, 0.05) is 18.0 Å². The smallest absolute Gasteiger partial charge is 0.305 e. The average molecular weight is 272 g/mol. The van der Waals surface area contributed by atoms with Gasteiger partial charge in [-0.2, -0.15) is 0 Å². The molecule has 0 bridgehead atoms. The van der Waals surface area contributed by atoms with Gasteiger partial charge in [-0.3, -0.25) is 14.4 Å². The Bertz CT molecular complexity index is 345. The van der Waals surface area contributed by atoms with Crippen LogP contribution in [0.3, 0.4) is 0 Å². The average Bonchev–Trinajstić information content (AvgIpc) is 2.23. The van der Waals surface area contributed by atoms with Crippen molar-refractivity contribution in [3.8, 4) is 0 Å². The number of carbonyl (C=O) groups excluding carboxylic acids is 2. The third kappa shape index (κ3) is 6.79. The number of hydrogen-bond donors (Lipinski definition) is 2. The Morgan fingerprint density at radius 3 is 2.11 bits per heavy atom. The molecule has 0 radical (unpaired) electrons. The van der Waals surface area contributed by atoms with Crippen LogP contribution in [0.15, 0.2) is 0 Å². The molecule has 0 heterocycles. The van der Waals surface area contributed by atoms with Crippen molar-refractivity contribution in [1.82, 2.24) is 10.2 Å². The summed E-state index contributed by atoms with van der Waals surface area (Å²) >= 11 is 0. The Labute approximate surface area is 114 Å². The van der Waals surface area contributed by atoms with Crippen LogP contribution < -0.4 is 5.32 Å². The van der Waals surface area contributed by atoms with Crippen molar-refractivity contribution < 1.29 is 19.5 Å². The van der Waals surface area contributed by atoms with E-state index in [1.54, 1.807) is 20.8 Å². The van der Waals surface area contributed by atoms with Gasteiger partial charge in [-0.15, -0.1) is 0 Å². The number of nitrogens with zero attached hydrogens (tertiary/aromatic N) is 1. The fourth-order valence-electron chi connectivity index (χ4n) is 1.41. The maximum Gasteiger partial charge on any atom is 0.305 e. The largest absolute Gasteiger partial charge is 0.481 e. The highest BCUT2D eigenvalue weighted by atomic mass is 16.4. The Morgan fingerprint density at radius 1 is 1.21 bits per heavy atom. The molecule has 6 heteroatoms. The molecule has 0 aromatic rings. The van der Waals surface area contributed by atoms with Gasteiger partial charge in [0.1, 0.15) is 0 Å². The Morgan fingerprint density at radius 2 is 1.74 bits per heavy atom. The Kier molecular flexibility index (Phi) is 6.52. The van der Waals surface area contributed by atoms with Crippen molar-refractivity contribution >= 4 is 17.8 Å². The normalized spacial score (nSPS) is 11.3. The third-order valence-corrected chi connectivity index (χ3v) is 2.59. The molecular formula is C13H24N2O4. The van der Waals surface area contributed by atoms with Gasteiger partial charge >= 0.3 is 5.97 Å². The quantitative estimate of drug-likeness (QED) is 0.751. The molecule has 0 atom stereocenters. The third-order valence-electron chi connectivity index (χ3n) is 2.59. The number of rotatable bonds is 6. The van der Waals surface area contributed by atoms with Crippen LogP contribution in [-0.2, 0) is 14.4 Å². The van der Waals surface area contributed by atoms with Gasteiger partial charge < -0.3 is 15.3 Å². The molecule has 0 spiro atoms. The standard InChI is InChI=1S/C13H24N2O4/c1-9(2)15(7-6-11(17)18)10(16)8-14-12(19)13(3,4)5/h9H,6-8H2,1-5H3,(H,14,19)(H,17,18). The van der Waals surface area contributed by atoms with Crippen LogP contribution >= 0.6 is 0 Å². The first-order valence-electron chi connectivity index (χ1n) is 6.35. The van der Waals surface area contributed by atoms with E-state index in [1.165, 1.54) is 4.90 Å². The van der Waals surface area contributed by atoms with Gasteiger partial charge in [0.05, 0.1) is 13.0 Å². The Balaban J connectivity index is 4.42. The zero-order valence-corrected chi connectivity index (χ0v) is 12.3. The molecule has 0 aromatic carbocycles. The van der Waals surface area contributed by atoms with Gasteiger partial charge in [-0.05, 0) is 13.8 Å². The maximum absolute atomic E-state index is 11.9. The first-order chi connectivity index (χ1) is 8.55. The summed E-state index contributed by atoms with van der Waals surface area (Å²) in [5.41, 5.74) is -0.552. The van der Waals surface area contributed by atoms with Crippen molar-refractivity contribution in [2.75, 3.05) is 13.1 Å². The lowest BCUT2D eigenvalue weighted by molar-refractivity contribution is -0.140. The van der Waals surface area contributed by atoms with Crippen LogP contribution in [0.2, 0.25) is 0 Å². The second-order valence-electron chi connectivity index (χ2n) is 5.76.